The zero-order valence-corrected chi connectivity index (χ0v) is 31.5. The molecular weight excluding hydrogens is 706 g/mol. The molecule has 0 bridgehead atoms. The van der Waals surface area contributed by atoms with Crippen LogP contribution in [0.3, 0.4) is 0 Å². The Balaban J connectivity index is 1.49. The van der Waals surface area contributed by atoms with Gasteiger partial charge in [-0.05, 0) is 56.7 Å². The van der Waals surface area contributed by atoms with Crippen molar-refractivity contribution in [2.75, 3.05) is 25.5 Å². The standard InChI is InChI=1S/C40H49N7O8/c1-6-14-30-35(49)41-25(3)36(50)47-23-24(2)21-32(47)39(53)55-26(4)33(38(52)46-20-13-19-31(46)37(51)45(30)5)44-34(48)29(22-27-15-9-7-10-16-27)43-40(54)42-28-17-11-8-12-18-28/h1,7-12,15-18,24-26,29-33H,13-14,19-23H2,2-5H3,(H,41,49)(H,44,48)(H2,42,43,54)/t24-,25+,26+,29+,30+,31+,32+,33+/m1/s1. The van der Waals surface area contributed by atoms with Crippen molar-refractivity contribution in [2.24, 2.45) is 5.92 Å². The van der Waals surface area contributed by atoms with Gasteiger partial charge in [0.25, 0.3) is 0 Å². The molecule has 3 heterocycles. The Kier molecular flexibility index (Phi) is 13.1. The van der Waals surface area contributed by atoms with E-state index >= 15 is 0 Å². The van der Waals surface area contributed by atoms with E-state index in [0.717, 1.165) is 5.56 Å². The van der Waals surface area contributed by atoms with E-state index in [1.807, 2.05) is 13.0 Å². The topological polar surface area (TPSA) is 187 Å². The monoisotopic (exact) mass is 755 g/mol. The van der Waals surface area contributed by atoms with E-state index in [9.17, 15) is 33.6 Å². The summed E-state index contributed by atoms with van der Waals surface area (Å²) in [6.45, 7) is 5.19. The minimum Gasteiger partial charge on any atom is -0.458 e. The first kappa shape index (κ1) is 40.3. The fraction of sp³-hybridized carbons (Fsp3) is 0.475. The number of nitrogens with one attached hydrogen (secondary N) is 4. The van der Waals surface area contributed by atoms with Gasteiger partial charge in [0.15, 0.2) is 0 Å². The molecule has 3 aliphatic rings. The van der Waals surface area contributed by atoms with Crippen LogP contribution in [0.25, 0.3) is 0 Å². The van der Waals surface area contributed by atoms with Crippen molar-refractivity contribution in [1.82, 2.24) is 30.7 Å². The van der Waals surface area contributed by atoms with Crippen LogP contribution < -0.4 is 21.3 Å². The van der Waals surface area contributed by atoms with E-state index in [-0.39, 0.29) is 44.7 Å². The van der Waals surface area contributed by atoms with Crippen LogP contribution in [-0.2, 0) is 39.9 Å². The van der Waals surface area contributed by atoms with Crippen molar-refractivity contribution in [3.8, 4) is 12.3 Å². The van der Waals surface area contributed by atoms with Crippen molar-refractivity contribution in [3.63, 3.8) is 0 Å². The molecule has 4 N–H and O–H groups in total. The van der Waals surface area contributed by atoms with Gasteiger partial charge < -0.3 is 40.7 Å². The Morgan fingerprint density at radius 3 is 2.27 bits per heavy atom. The Hall–Kier alpha value is -5.91. The number of ether oxygens (including phenoxy) is 1. The number of hydrogen-bond acceptors (Lipinski definition) is 8. The van der Waals surface area contributed by atoms with Crippen molar-refractivity contribution in [2.45, 2.75) is 95.2 Å². The molecule has 55 heavy (non-hydrogen) atoms. The summed E-state index contributed by atoms with van der Waals surface area (Å²) in [6, 6.07) is 9.99. The highest BCUT2D eigenvalue weighted by atomic mass is 16.5. The van der Waals surface area contributed by atoms with Gasteiger partial charge in [0, 0.05) is 38.7 Å². The van der Waals surface area contributed by atoms with Crippen LogP contribution in [0, 0.1) is 18.3 Å². The first-order chi connectivity index (χ1) is 26.3. The summed E-state index contributed by atoms with van der Waals surface area (Å²) in [5.41, 5.74) is 1.21. The molecule has 0 radical (unpaired) electrons. The van der Waals surface area contributed by atoms with Crippen molar-refractivity contribution < 1.29 is 38.3 Å². The zero-order valence-electron chi connectivity index (χ0n) is 31.5. The number of anilines is 1. The van der Waals surface area contributed by atoms with Crippen LogP contribution >= 0.6 is 0 Å². The van der Waals surface area contributed by atoms with Gasteiger partial charge in [-0.2, -0.15) is 0 Å². The number of benzene rings is 2. The van der Waals surface area contributed by atoms with Crippen molar-refractivity contribution >= 4 is 47.2 Å². The number of carbonyl (C=O) groups is 7. The number of amides is 7. The summed E-state index contributed by atoms with van der Waals surface area (Å²) >= 11 is 0. The van der Waals surface area contributed by atoms with Gasteiger partial charge in [-0.3, -0.25) is 24.0 Å². The summed E-state index contributed by atoms with van der Waals surface area (Å²) in [7, 11) is 1.42. The average Bonchev–Trinajstić information content (AvgIpc) is 3.82. The molecule has 0 aromatic heterocycles. The maximum absolute atomic E-state index is 14.6. The summed E-state index contributed by atoms with van der Waals surface area (Å²) in [5, 5.41) is 10.8. The minimum atomic E-state index is -1.51. The van der Waals surface area contributed by atoms with Crippen LogP contribution in [0.4, 0.5) is 10.5 Å². The molecule has 15 heteroatoms. The lowest BCUT2D eigenvalue weighted by Crippen LogP contribution is -2.62. The number of carbonyl (C=O) groups excluding carboxylic acids is 7. The summed E-state index contributed by atoms with van der Waals surface area (Å²) in [4.78, 5) is 101. The molecule has 292 valence electrons. The van der Waals surface area contributed by atoms with Gasteiger partial charge >= 0.3 is 12.0 Å². The summed E-state index contributed by atoms with van der Waals surface area (Å²) < 4.78 is 5.91. The van der Waals surface area contributed by atoms with Gasteiger partial charge in [-0.15, -0.1) is 12.3 Å². The largest absolute Gasteiger partial charge is 0.458 e. The third-order valence-electron chi connectivity index (χ3n) is 10.3. The third kappa shape index (κ3) is 9.61. The number of rotatable bonds is 7. The SMILES string of the molecule is C#CC[C@H]1C(=O)N[C@@H](C)C(=O)N2C[C@H](C)C[C@H]2C(=O)O[C@@H](C)[C@H](NC(=O)[C@H](Cc2ccccc2)NC(=O)Nc2ccccc2)C(=O)N2CCC[C@H]2C(=O)N1C. The molecule has 7 amide bonds. The molecular formula is C40H49N7O8. The molecule has 3 aliphatic heterocycles. The second-order valence-corrected chi connectivity index (χ2v) is 14.5. The molecule has 8 atom stereocenters. The lowest BCUT2D eigenvalue weighted by Gasteiger charge is -2.36. The Bertz CT molecular complexity index is 1800. The van der Waals surface area contributed by atoms with Crippen LogP contribution in [0.1, 0.15) is 52.0 Å². The van der Waals surface area contributed by atoms with E-state index in [4.69, 9.17) is 11.2 Å². The lowest BCUT2D eigenvalue weighted by atomic mass is 10.0. The predicted octanol–water partition coefficient (Wildman–Crippen LogP) is 1.43. The fourth-order valence-corrected chi connectivity index (χ4v) is 7.37. The highest BCUT2D eigenvalue weighted by molar-refractivity contribution is 5.98. The molecule has 5 rings (SSSR count). The fourth-order valence-electron chi connectivity index (χ4n) is 7.37. The Morgan fingerprint density at radius 1 is 0.927 bits per heavy atom. The van der Waals surface area contributed by atoms with E-state index < -0.39 is 83.9 Å². The first-order valence-corrected chi connectivity index (χ1v) is 18.6. The molecule has 0 aliphatic carbocycles. The summed E-state index contributed by atoms with van der Waals surface area (Å²) in [5.74, 6) is -1.63. The molecule has 15 nitrogen and oxygen atoms in total. The smallest absolute Gasteiger partial charge is 0.329 e. The highest BCUT2D eigenvalue weighted by Crippen LogP contribution is 2.27. The average molecular weight is 756 g/mol. The van der Waals surface area contributed by atoms with E-state index in [1.165, 1.54) is 35.6 Å². The molecule has 3 fully saturated rings. The first-order valence-electron chi connectivity index (χ1n) is 18.6. The molecule has 0 unspecified atom stereocenters. The van der Waals surface area contributed by atoms with E-state index in [0.29, 0.717) is 12.1 Å². The second-order valence-electron chi connectivity index (χ2n) is 14.5. The van der Waals surface area contributed by atoms with E-state index in [2.05, 4.69) is 27.2 Å². The van der Waals surface area contributed by atoms with Crippen molar-refractivity contribution in [1.29, 1.82) is 0 Å². The normalized spacial score (nSPS) is 26.9. The van der Waals surface area contributed by atoms with Gasteiger partial charge in [0.2, 0.25) is 29.5 Å². The van der Waals surface area contributed by atoms with E-state index in [1.54, 1.807) is 54.6 Å². The number of para-hydroxylation sites is 1. The summed E-state index contributed by atoms with van der Waals surface area (Å²) in [6.07, 6.45) is 5.20. The van der Waals surface area contributed by atoms with Gasteiger partial charge in [-0.25, -0.2) is 9.59 Å². The minimum absolute atomic E-state index is 0.0490. The maximum atomic E-state index is 14.6. The molecule has 2 aromatic rings. The Labute approximate surface area is 320 Å². The molecule has 0 saturated carbocycles. The number of urea groups is 1. The lowest BCUT2D eigenvalue weighted by molar-refractivity contribution is -0.162. The number of esters is 1. The van der Waals surface area contributed by atoms with Crippen LogP contribution in [0.5, 0.6) is 0 Å². The highest BCUT2D eigenvalue weighted by Gasteiger charge is 2.46. The van der Waals surface area contributed by atoms with Crippen LogP contribution in [-0.4, -0.2) is 119 Å². The number of likely N-dealkylation sites (N-methyl/N-ethyl adjacent to an activating group) is 1. The number of cyclic esters (lactones) is 1. The zero-order chi connectivity index (χ0) is 39.8. The van der Waals surface area contributed by atoms with Gasteiger partial charge in [0.05, 0.1) is 0 Å². The quantitative estimate of drug-likeness (QED) is 0.242. The number of hydrogen-bond donors (Lipinski definition) is 4. The van der Waals surface area contributed by atoms with Crippen molar-refractivity contribution in [3.05, 3.63) is 66.2 Å². The number of fused-ring (bicyclic) bond motifs is 2. The number of nitrogens with zero attached hydrogens (tertiary/aromatic N) is 3. The molecule has 2 aromatic carbocycles. The third-order valence-corrected chi connectivity index (χ3v) is 10.3. The van der Waals surface area contributed by atoms with Gasteiger partial charge in [0.1, 0.15) is 42.4 Å². The van der Waals surface area contributed by atoms with Crippen LogP contribution in [0.15, 0.2) is 60.7 Å². The predicted molar refractivity (Wildman–Crippen MR) is 202 cm³/mol. The molecule has 3 saturated heterocycles. The second kappa shape index (κ2) is 17.9. The number of terminal acetylenes is 1. The maximum Gasteiger partial charge on any atom is 0.329 e. The van der Waals surface area contributed by atoms with Crippen LogP contribution in [0.2, 0.25) is 0 Å². The Morgan fingerprint density at radius 2 is 1.60 bits per heavy atom. The van der Waals surface area contributed by atoms with Gasteiger partial charge in [-0.1, -0.05) is 55.5 Å². The molecule has 0 spiro atoms.